The molecule has 2 N–H and O–H groups in total. The van der Waals surface area contributed by atoms with Gasteiger partial charge in [0.05, 0.1) is 12.5 Å². The average molecular weight is 682 g/mol. The Morgan fingerprint density at radius 1 is 0.809 bits per heavy atom. The van der Waals surface area contributed by atoms with Crippen LogP contribution >= 0.6 is 12.4 Å². The number of hydrogen-bond donors (Lipinski definition) is 2. The smallest absolute Gasteiger partial charge is 0.391 e. The molecule has 1 atom stereocenters. The molecule has 3 heterocycles. The normalized spacial score (nSPS) is 23.8. The summed E-state index contributed by atoms with van der Waals surface area (Å²) in [5.41, 5.74) is 1.68. The Labute approximate surface area is 277 Å². The molecule has 0 spiro atoms. The molecule has 1 saturated carbocycles. The van der Waals surface area contributed by atoms with Gasteiger partial charge in [-0.25, -0.2) is 4.39 Å². The van der Waals surface area contributed by atoms with Crippen LogP contribution in [0.4, 0.5) is 23.2 Å². The molecule has 4 aliphatic rings. The zero-order valence-corrected chi connectivity index (χ0v) is 26.8. The summed E-state index contributed by atoms with van der Waals surface area (Å²) < 4.78 is 60.9. The van der Waals surface area contributed by atoms with Gasteiger partial charge in [-0.2, -0.15) is 13.2 Å². The molecule has 9 nitrogen and oxygen atoms in total. The van der Waals surface area contributed by atoms with Gasteiger partial charge in [-0.3, -0.25) is 14.4 Å². The lowest BCUT2D eigenvalue weighted by molar-refractivity contribution is -0.182. The molecule has 2 aromatic rings. The molecular weight excluding hydrogens is 642 g/mol. The molecule has 0 unspecified atom stereocenters. The number of nitrogens with one attached hydrogen (secondary N) is 2. The van der Waals surface area contributed by atoms with Crippen molar-refractivity contribution < 1.29 is 36.7 Å². The molecular formula is C33H40ClF4N5O4. The van der Waals surface area contributed by atoms with E-state index >= 15 is 0 Å². The molecule has 256 valence electrons. The minimum absolute atomic E-state index is 0. The molecule has 6 rings (SSSR count). The number of rotatable bonds is 6. The lowest BCUT2D eigenvalue weighted by Crippen LogP contribution is -2.50. The minimum Gasteiger partial charge on any atom is -0.489 e. The summed E-state index contributed by atoms with van der Waals surface area (Å²) in [7, 11) is 0. The van der Waals surface area contributed by atoms with Gasteiger partial charge < -0.3 is 30.1 Å². The van der Waals surface area contributed by atoms with Crippen LogP contribution in [-0.2, 0) is 4.79 Å². The maximum Gasteiger partial charge on any atom is 0.391 e. The quantitative estimate of drug-likeness (QED) is 0.441. The molecule has 3 saturated heterocycles. The van der Waals surface area contributed by atoms with Crippen molar-refractivity contribution in [2.75, 3.05) is 63.8 Å². The van der Waals surface area contributed by atoms with Gasteiger partial charge in [0.1, 0.15) is 17.7 Å². The third kappa shape index (κ3) is 8.01. The van der Waals surface area contributed by atoms with Gasteiger partial charge in [-0.1, -0.05) is 0 Å². The lowest BCUT2D eigenvalue weighted by atomic mass is 9.78. The lowest BCUT2D eigenvalue weighted by Gasteiger charge is -2.35. The van der Waals surface area contributed by atoms with E-state index in [9.17, 15) is 31.9 Å². The fourth-order valence-corrected chi connectivity index (χ4v) is 6.96. The number of carbonyl (C=O) groups excluding carboxylic acids is 3. The van der Waals surface area contributed by atoms with E-state index in [4.69, 9.17) is 4.74 Å². The van der Waals surface area contributed by atoms with Crippen LogP contribution in [0, 0.1) is 11.7 Å². The number of anilines is 1. The Bertz CT molecular complexity index is 1450. The highest BCUT2D eigenvalue weighted by molar-refractivity contribution is 5.99. The van der Waals surface area contributed by atoms with E-state index in [2.05, 4.69) is 10.6 Å². The number of benzene rings is 2. The van der Waals surface area contributed by atoms with Gasteiger partial charge in [0.25, 0.3) is 11.8 Å². The number of nitrogens with zero attached hydrogens (tertiary/aromatic N) is 3. The van der Waals surface area contributed by atoms with Crippen LogP contribution in [0.25, 0.3) is 0 Å². The molecule has 0 bridgehead atoms. The molecule has 1 aliphatic carbocycles. The van der Waals surface area contributed by atoms with Crippen LogP contribution in [0.1, 0.15) is 64.3 Å². The van der Waals surface area contributed by atoms with Crippen molar-refractivity contribution in [2.24, 2.45) is 5.92 Å². The van der Waals surface area contributed by atoms with Crippen LogP contribution in [0.5, 0.6) is 5.75 Å². The molecule has 0 aromatic heterocycles. The van der Waals surface area contributed by atoms with Gasteiger partial charge in [0, 0.05) is 62.6 Å². The zero-order chi connectivity index (χ0) is 32.4. The Balaban J connectivity index is 0.00000433. The van der Waals surface area contributed by atoms with Crippen molar-refractivity contribution in [2.45, 2.75) is 50.3 Å². The highest BCUT2D eigenvalue weighted by atomic mass is 35.5. The van der Waals surface area contributed by atoms with Crippen molar-refractivity contribution in [1.82, 2.24) is 20.4 Å². The summed E-state index contributed by atoms with van der Waals surface area (Å²) in [5.74, 6) is -2.24. The van der Waals surface area contributed by atoms with Crippen LogP contribution in [-0.4, -0.2) is 98.7 Å². The summed E-state index contributed by atoms with van der Waals surface area (Å²) in [6, 6.07) is 9.18. The van der Waals surface area contributed by atoms with Crippen LogP contribution in [0.2, 0.25) is 0 Å². The predicted octanol–water partition coefficient (Wildman–Crippen LogP) is 4.36. The number of ether oxygens (including phenoxy) is 1. The average Bonchev–Trinajstić information content (AvgIpc) is 3.57. The Morgan fingerprint density at radius 2 is 1.49 bits per heavy atom. The zero-order valence-electron chi connectivity index (χ0n) is 26.0. The Kier molecular flexibility index (Phi) is 11.0. The largest absolute Gasteiger partial charge is 0.489 e. The summed E-state index contributed by atoms with van der Waals surface area (Å²) in [5, 5.41) is 6.22. The van der Waals surface area contributed by atoms with Crippen molar-refractivity contribution >= 4 is 35.8 Å². The van der Waals surface area contributed by atoms with E-state index in [-0.39, 0.29) is 93.3 Å². The maximum absolute atomic E-state index is 14.5. The van der Waals surface area contributed by atoms with E-state index in [1.54, 1.807) is 28.0 Å². The van der Waals surface area contributed by atoms with Gasteiger partial charge in [0.2, 0.25) is 5.91 Å². The number of hydrogen-bond acceptors (Lipinski definition) is 6. The Morgan fingerprint density at radius 3 is 2.11 bits per heavy atom. The molecule has 3 amide bonds. The first-order valence-corrected chi connectivity index (χ1v) is 16.0. The number of amides is 3. The second-order valence-electron chi connectivity index (χ2n) is 12.6. The van der Waals surface area contributed by atoms with Gasteiger partial charge in [-0.05, 0) is 86.5 Å². The monoisotopic (exact) mass is 681 g/mol. The summed E-state index contributed by atoms with van der Waals surface area (Å²) in [4.78, 5) is 44.0. The van der Waals surface area contributed by atoms with Crippen LogP contribution < -0.4 is 20.3 Å². The third-order valence-electron chi connectivity index (χ3n) is 9.58. The molecule has 4 fully saturated rings. The number of piperazine rings is 2. The van der Waals surface area contributed by atoms with E-state index in [0.717, 1.165) is 24.6 Å². The number of halogens is 5. The van der Waals surface area contributed by atoms with Crippen molar-refractivity contribution in [1.29, 1.82) is 0 Å². The second-order valence-corrected chi connectivity index (χ2v) is 12.6. The predicted molar refractivity (Wildman–Crippen MR) is 170 cm³/mol. The molecule has 2 aromatic carbocycles. The van der Waals surface area contributed by atoms with Crippen molar-refractivity contribution in [3.8, 4) is 5.75 Å². The van der Waals surface area contributed by atoms with Crippen molar-refractivity contribution in [3.05, 3.63) is 58.9 Å². The fraction of sp³-hybridized carbons (Fsp3) is 0.545. The van der Waals surface area contributed by atoms with E-state index < -0.39 is 17.9 Å². The fourth-order valence-electron chi connectivity index (χ4n) is 6.96. The summed E-state index contributed by atoms with van der Waals surface area (Å²) >= 11 is 0. The highest BCUT2D eigenvalue weighted by Crippen LogP contribution is 2.45. The first kappa shape index (κ1) is 34.9. The van der Waals surface area contributed by atoms with E-state index in [0.29, 0.717) is 49.5 Å². The Hall–Kier alpha value is -3.42. The van der Waals surface area contributed by atoms with E-state index in [1.165, 1.54) is 17.0 Å². The van der Waals surface area contributed by atoms with E-state index in [1.807, 2.05) is 0 Å². The second kappa shape index (κ2) is 14.8. The van der Waals surface area contributed by atoms with Crippen molar-refractivity contribution in [3.63, 3.8) is 0 Å². The first-order chi connectivity index (χ1) is 22.1. The molecule has 3 aliphatic heterocycles. The van der Waals surface area contributed by atoms with Gasteiger partial charge in [0.15, 0.2) is 0 Å². The van der Waals surface area contributed by atoms with Gasteiger partial charge in [-0.15, -0.1) is 12.4 Å². The molecule has 47 heavy (non-hydrogen) atoms. The third-order valence-corrected chi connectivity index (χ3v) is 9.58. The summed E-state index contributed by atoms with van der Waals surface area (Å²) in [6.07, 6.45) is -2.59. The first-order valence-electron chi connectivity index (χ1n) is 16.0. The standard InChI is InChI=1S/C33H39F4N5O4.ClH/c34-25-15-23(16-26(18-25)42-10-9-39-20-30(42)43)32(45)41-13-11-40(12-14-41)31(44)22-3-6-29(46-27-7-8-38-19-27)28(17-22)21-1-4-24(5-2-21)33(35,36)37;/h3,6,15-18,21,24,27,38-39H,1-2,4-5,7-14,19-20H2;1H/t21?,24?,27-;/m0./s1. The van der Waals surface area contributed by atoms with Crippen LogP contribution in [0.15, 0.2) is 36.4 Å². The number of alkyl halides is 3. The topological polar surface area (TPSA) is 94.2 Å². The molecule has 14 heteroatoms. The summed E-state index contributed by atoms with van der Waals surface area (Å²) in [6.45, 7) is 3.62. The van der Waals surface area contributed by atoms with Crippen LogP contribution in [0.3, 0.4) is 0 Å². The maximum atomic E-state index is 14.5. The minimum atomic E-state index is -4.21. The highest BCUT2D eigenvalue weighted by Gasteiger charge is 2.42. The SMILES string of the molecule is Cl.O=C(c1cc(F)cc(N2CCNCC2=O)c1)N1CCN(C(=O)c2ccc(O[C@H]3CCNC3)c(C3CCC(C(F)(F)F)CC3)c2)CC1. The molecule has 0 radical (unpaired) electrons. The number of carbonyl (C=O) groups is 3. The van der Waals surface area contributed by atoms with Gasteiger partial charge >= 0.3 is 6.18 Å².